The third kappa shape index (κ3) is 6.29. The second kappa shape index (κ2) is 11.2. The zero-order valence-electron chi connectivity index (χ0n) is 23.0. The summed E-state index contributed by atoms with van der Waals surface area (Å²) in [4.78, 5) is 26.7. The first kappa shape index (κ1) is 29.2. The van der Waals surface area contributed by atoms with E-state index in [2.05, 4.69) is 10.4 Å². The fraction of sp³-hybridized carbons (Fsp3) is 0.233. The number of halogens is 3. The van der Waals surface area contributed by atoms with Crippen LogP contribution < -0.4 is 11.1 Å². The third-order valence-corrected chi connectivity index (χ3v) is 7.45. The number of hydrogen-bond acceptors (Lipinski definition) is 6. The van der Waals surface area contributed by atoms with Crippen LogP contribution in [0.2, 0.25) is 0 Å². The Labute approximate surface area is 244 Å². The molecule has 0 radical (unpaired) electrons. The molecule has 4 aromatic rings. The van der Waals surface area contributed by atoms with Gasteiger partial charge in [0, 0.05) is 23.2 Å². The normalized spacial score (nSPS) is 13.2. The number of amides is 2. The number of ether oxygens (including phenoxy) is 1. The maximum absolute atomic E-state index is 13.5. The molecule has 12 heteroatoms. The van der Waals surface area contributed by atoms with Crippen LogP contribution in [-0.2, 0) is 24.0 Å². The number of nitrogens with zero attached hydrogens (tertiary/aromatic N) is 3. The van der Waals surface area contributed by atoms with Gasteiger partial charge in [-0.15, -0.1) is 0 Å². The van der Waals surface area contributed by atoms with Gasteiger partial charge in [-0.2, -0.15) is 18.3 Å². The van der Waals surface area contributed by atoms with E-state index in [1.807, 2.05) is 39.0 Å². The Morgan fingerprint density at radius 1 is 1.02 bits per heavy atom. The Hall–Kier alpha value is -4.29. The minimum atomic E-state index is -4.74. The Morgan fingerprint density at radius 2 is 1.74 bits per heavy atom. The summed E-state index contributed by atoms with van der Waals surface area (Å²) in [5, 5.41) is 6.34. The summed E-state index contributed by atoms with van der Waals surface area (Å²) < 4.78 is 48.6. The average molecular weight is 596 g/mol. The van der Waals surface area contributed by atoms with E-state index in [4.69, 9.17) is 10.5 Å². The molecule has 1 aliphatic rings. The summed E-state index contributed by atoms with van der Waals surface area (Å²) in [6.45, 7) is 6.02. The van der Waals surface area contributed by atoms with E-state index in [-0.39, 0.29) is 17.9 Å². The fourth-order valence-corrected chi connectivity index (χ4v) is 5.45. The largest absolute Gasteiger partial charge is 0.443 e. The molecule has 0 saturated heterocycles. The molecule has 0 fully saturated rings. The first-order chi connectivity index (χ1) is 19.8. The average Bonchev–Trinajstić information content (AvgIpc) is 3.58. The van der Waals surface area contributed by atoms with Crippen molar-refractivity contribution >= 4 is 29.6 Å². The molecule has 1 aromatic heterocycles. The van der Waals surface area contributed by atoms with Crippen molar-refractivity contribution < 1.29 is 27.5 Å². The number of carbonyl (C=O) groups excluding carboxylic acids is 2. The lowest BCUT2D eigenvalue weighted by Crippen LogP contribution is -2.30. The zero-order valence-corrected chi connectivity index (χ0v) is 23.8. The quantitative estimate of drug-likeness (QED) is 0.240. The number of aromatic nitrogens is 2. The Balaban J connectivity index is 1.37. The van der Waals surface area contributed by atoms with Crippen molar-refractivity contribution in [1.82, 2.24) is 14.1 Å². The number of anilines is 1. The van der Waals surface area contributed by atoms with Crippen molar-refractivity contribution in [3.63, 3.8) is 0 Å². The van der Waals surface area contributed by atoms with E-state index in [1.54, 1.807) is 52.8 Å². The van der Waals surface area contributed by atoms with E-state index in [0.29, 0.717) is 17.8 Å². The van der Waals surface area contributed by atoms with Crippen LogP contribution in [0.3, 0.4) is 0 Å². The van der Waals surface area contributed by atoms with E-state index in [1.165, 1.54) is 11.9 Å². The van der Waals surface area contributed by atoms with Gasteiger partial charge in [0.1, 0.15) is 11.3 Å². The SMILES string of the molecule is CC(C)(C)OC(=O)N1Cc2cccc(-c3ccc(NC(=O)c4cc(C(F)(F)F)nn4-c4cccc(CN)c4)cc3)c2S1. The molecule has 0 spiro atoms. The number of hydrogen-bond donors (Lipinski definition) is 2. The van der Waals surface area contributed by atoms with E-state index in [9.17, 15) is 22.8 Å². The summed E-state index contributed by atoms with van der Waals surface area (Å²) in [5.74, 6) is -0.756. The lowest BCUT2D eigenvalue weighted by atomic mass is 10.0. The Bertz CT molecular complexity index is 1650. The van der Waals surface area contributed by atoms with Gasteiger partial charge in [0.25, 0.3) is 5.91 Å². The highest BCUT2D eigenvalue weighted by Gasteiger charge is 2.36. The van der Waals surface area contributed by atoms with Gasteiger partial charge in [-0.1, -0.05) is 42.5 Å². The summed E-state index contributed by atoms with van der Waals surface area (Å²) in [5.41, 5.74) is 7.67. The van der Waals surface area contributed by atoms with Crippen molar-refractivity contribution in [2.75, 3.05) is 5.32 Å². The molecule has 42 heavy (non-hydrogen) atoms. The predicted octanol–water partition coefficient (Wildman–Crippen LogP) is 7.03. The van der Waals surface area contributed by atoms with E-state index >= 15 is 0 Å². The molecule has 0 bridgehead atoms. The Kier molecular flexibility index (Phi) is 7.78. The molecule has 1 aliphatic heterocycles. The Morgan fingerprint density at radius 3 is 2.40 bits per heavy atom. The van der Waals surface area contributed by atoms with Crippen LogP contribution >= 0.6 is 11.9 Å². The number of fused-ring (bicyclic) bond motifs is 1. The van der Waals surface area contributed by atoms with Gasteiger partial charge in [-0.25, -0.2) is 13.8 Å². The molecular formula is C30H28F3N5O3S. The standard InChI is InChI=1S/C30H28F3N5O3S/c1-29(2,3)41-28(40)37-17-20-7-5-9-23(26(20)42-37)19-10-12-21(13-11-19)35-27(39)24-15-25(30(31,32)33)36-38(24)22-8-4-6-18(14-22)16-34/h4-15H,16-17,34H2,1-3H3,(H,35,39). The van der Waals surface area contributed by atoms with Crippen LogP contribution in [0.1, 0.15) is 48.1 Å². The van der Waals surface area contributed by atoms with E-state index < -0.39 is 29.5 Å². The highest BCUT2D eigenvalue weighted by atomic mass is 32.2. The molecule has 3 N–H and O–H groups in total. The minimum Gasteiger partial charge on any atom is -0.443 e. The highest BCUT2D eigenvalue weighted by molar-refractivity contribution is 7.98. The van der Waals surface area contributed by atoms with Gasteiger partial charge in [0.2, 0.25) is 0 Å². The van der Waals surface area contributed by atoms with Gasteiger partial charge in [0.05, 0.1) is 12.2 Å². The monoisotopic (exact) mass is 595 g/mol. The van der Waals surface area contributed by atoms with Crippen molar-refractivity contribution in [3.05, 3.63) is 95.3 Å². The smallest absolute Gasteiger partial charge is 0.435 e. The van der Waals surface area contributed by atoms with Crippen molar-refractivity contribution in [2.24, 2.45) is 5.73 Å². The number of carbonyl (C=O) groups is 2. The molecule has 2 heterocycles. The van der Waals surface area contributed by atoms with Crippen molar-refractivity contribution in [2.45, 2.75) is 50.5 Å². The molecule has 2 amide bonds. The lowest BCUT2D eigenvalue weighted by Gasteiger charge is -2.23. The lowest BCUT2D eigenvalue weighted by molar-refractivity contribution is -0.141. The van der Waals surface area contributed by atoms with Crippen LogP contribution in [0.5, 0.6) is 0 Å². The van der Waals surface area contributed by atoms with Crippen LogP contribution in [0.15, 0.2) is 77.7 Å². The minimum absolute atomic E-state index is 0.178. The molecule has 5 rings (SSSR count). The molecule has 218 valence electrons. The van der Waals surface area contributed by atoms with Gasteiger partial charge >= 0.3 is 12.3 Å². The number of rotatable bonds is 5. The van der Waals surface area contributed by atoms with Crippen molar-refractivity contribution in [3.8, 4) is 16.8 Å². The summed E-state index contributed by atoms with van der Waals surface area (Å²) in [7, 11) is 0. The van der Waals surface area contributed by atoms with Gasteiger partial charge in [-0.3, -0.25) is 4.79 Å². The topological polar surface area (TPSA) is 102 Å². The first-order valence-corrected chi connectivity index (χ1v) is 13.8. The molecule has 0 saturated carbocycles. The predicted molar refractivity (Wildman–Crippen MR) is 154 cm³/mol. The maximum atomic E-state index is 13.5. The molecule has 3 aromatic carbocycles. The third-order valence-electron chi connectivity index (χ3n) is 6.29. The number of alkyl halides is 3. The maximum Gasteiger partial charge on any atom is 0.435 e. The van der Waals surface area contributed by atoms with Gasteiger partial charge < -0.3 is 15.8 Å². The fourth-order valence-electron chi connectivity index (χ4n) is 4.38. The van der Waals surface area contributed by atoms with Crippen LogP contribution in [0, 0.1) is 0 Å². The molecule has 0 aliphatic carbocycles. The second-order valence-electron chi connectivity index (χ2n) is 10.6. The summed E-state index contributed by atoms with van der Waals surface area (Å²) in [6, 6.07) is 19.9. The molecule has 0 atom stereocenters. The zero-order chi connectivity index (χ0) is 30.2. The van der Waals surface area contributed by atoms with Crippen LogP contribution in [-0.4, -0.2) is 31.7 Å². The number of nitrogens with two attached hydrogens (primary N) is 1. The van der Waals surface area contributed by atoms with Crippen LogP contribution in [0.4, 0.5) is 23.7 Å². The number of nitrogens with one attached hydrogen (secondary N) is 1. The van der Waals surface area contributed by atoms with Crippen LogP contribution in [0.25, 0.3) is 16.8 Å². The summed E-state index contributed by atoms with van der Waals surface area (Å²) >= 11 is 1.30. The second-order valence-corrected chi connectivity index (χ2v) is 11.7. The van der Waals surface area contributed by atoms with Crippen molar-refractivity contribution in [1.29, 1.82) is 0 Å². The first-order valence-electron chi connectivity index (χ1n) is 13.0. The van der Waals surface area contributed by atoms with Gasteiger partial charge in [0.15, 0.2) is 5.69 Å². The van der Waals surface area contributed by atoms with Gasteiger partial charge in [-0.05, 0) is 79.2 Å². The highest BCUT2D eigenvalue weighted by Crippen LogP contribution is 2.43. The molecule has 8 nitrogen and oxygen atoms in total. The molecule has 0 unspecified atom stereocenters. The summed E-state index contributed by atoms with van der Waals surface area (Å²) in [6.07, 6.45) is -5.16. The number of benzene rings is 3. The van der Waals surface area contributed by atoms with E-state index in [0.717, 1.165) is 32.3 Å². The molecular weight excluding hydrogens is 567 g/mol.